The predicted molar refractivity (Wildman–Crippen MR) is 44.7 cm³/mol. The van der Waals surface area contributed by atoms with Crippen molar-refractivity contribution in [1.82, 2.24) is 0 Å². The van der Waals surface area contributed by atoms with Crippen molar-refractivity contribution in [3.05, 3.63) is 0 Å². The molecule has 0 aromatic carbocycles. The molecule has 2 atom stereocenters. The van der Waals surface area contributed by atoms with Crippen molar-refractivity contribution in [2.45, 2.75) is 23.6 Å². The molecule has 70 valence electrons. The molecule has 6 heteroatoms. The van der Waals surface area contributed by atoms with E-state index in [1.54, 1.807) is 5.82 Å². The van der Waals surface area contributed by atoms with E-state index >= 15 is 0 Å². The summed E-state index contributed by atoms with van der Waals surface area (Å²) in [6, 6.07) is 0. The van der Waals surface area contributed by atoms with Crippen LogP contribution in [-0.4, -0.2) is 40.5 Å². The number of carbonyl (C=O) groups is 2. The molecule has 0 spiro atoms. The van der Waals surface area contributed by atoms with Gasteiger partial charge < -0.3 is 0 Å². The molecule has 0 saturated heterocycles. The van der Waals surface area contributed by atoms with Gasteiger partial charge in [0.1, 0.15) is 0 Å². The van der Waals surface area contributed by atoms with Gasteiger partial charge in [-0.3, -0.25) is 0 Å². The van der Waals surface area contributed by atoms with Crippen LogP contribution in [-0.2, 0) is 4.79 Å². The van der Waals surface area contributed by atoms with E-state index < -0.39 is 30.3 Å². The molecule has 0 aliphatic rings. The first-order valence-electron chi connectivity index (χ1n) is 3.15. The van der Waals surface area contributed by atoms with E-state index in [-0.39, 0.29) is 5.32 Å². The van der Waals surface area contributed by atoms with Gasteiger partial charge in [0.25, 0.3) is 0 Å². The van der Waals surface area contributed by atoms with Crippen molar-refractivity contribution in [1.29, 1.82) is 0 Å². The third-order valence-corrected chi connectivity index (χ3v) is 4.72. The summed E-state index contributed by atoms with van der Waals surface area (Å²) in [6.45, 7) is 1.33. The van der Waals surface area contributed by atoms with Crippen molar-refractivity contribution in [3.8, 4) is 0 Å². The third kappa shape index (κ3) is 3.21. The summed E-state index contributed by atoms with van der Waals surface area (Å²) in [4.78, 5) is 20.0. The van der Waals surface area contributed by atoms with Crippen LogP contribution in [0, 0.1) is 0 Å². The van der Waals surface area contributed by atoms with Crippen molar-refractivity contribution >= 4 is 24.7 Å². The molecule has 1 unspecified atom stereocenters. The summed E-state index contributed by atoms with van der Waals surface area (Å²) in [5, 5.41) is 17.2. The monoisotopic (exact) mass is 242 g/mol. The van der Waals surface area contributed by atoms with Gasteiger partial charge in [-0.15, -0.1) is 0 Å². The summed E-state index contributed by atoms with van der Waals surface area (Å²) >= 11 is -1.92. The summed E-state index contributed by atoms with van der Waals surface area (Å²) in [5.41, 5.74) is 3.96. The van der Waals surface area contributed by atoms with Crippen molar-refractivity contribution in [3.63, 3.8) is 0 Å². The van der Waals surface area contributed by atoms with Crippen molar-refractivity contribution in [2.75, 3.05) is 0 Å². The topological polar surface area (TPSA) is 101 Å². The maximum absolute atomic E-state index is 10.5. The molecule has 5 nitrogen and oxygen atoms in total. The Morgan fingerprint density at radius 2 is 1.92 bits per heavy atom. The van der Waals surface area contributed by atoms with Crippen LogP contribution < -0.4 is 5.73 Å². The first kappa shape index (κ1) is 11.4. The second kappa shape index (κ2) is 3.89. The Kier molecular flexibility index (Phi) is 3.70. The molecule has 0 heterocycles. The van der Waals surface area contributed by atoms with Gasteiger partial charge in [-0.25, -0.2) is 0 Å². The maximum atomic E-state index is 10.5. The molecule has 0 aliphatic heterocycles. The van der Waals surface area contributed by atoms with Crippen LogP contribution in [0.5, 0.6) is 0 Å². The van der Waals surface area contributed by atoms with Crippen LogP contribution in [0.25, 0.3) is 0 Å². The Morgan fingerprint density at radius 1 is 1.50 bits per heavy atom. The standard InChI is InChI=1S/C6H11NO4Se/c1-6(7,4(8)9)3-12(2)5(10)11/h3,7H2,1-2H3,(H-,8,9,10,11)/p+1/t6-,12?/m0/s1. The van der Waals surface area contributed by atoms with Crippen LogP contribution in [0.3, 0.4) is 0 Å². The van der Waals surface area contributed by atoms with E-state index in [1.165, 1.54) is 6.92 Å². The van der Waals surface area contributed by atoms with E-state index in [2.05, 4.69) is 0 Å². The zero-order valence-electron chi connectivity index (χ0n) is 6.90. The number of hydrogen-bond acceptors (Lipinski definition) is 3. The molecular weight excluding hydrogens is 229 g/mol. The number of hydrogen-bond donors (Lipinski definition) is 3. The SMILES string of the molecule is C[Se+](C[C@](C)(N)C(=O)O)C(=O)O. The average molecular weight is 241 g/mol. The first-order chi connectivity index (χ1) is 5.27. The molecule has 0 fully saturated rings. The zero-order valence-corrected chi connectivity index (χ0v) is 8.62. The molecule has 0 aliphatic carbocycles. The molecule has 4 N–H and O–H groups in total. The molecular formula is C6H12NO4Se+. The summed E-state index contributed by atoms with van der Waals surface area (Å²) < 4.78 is 0. The molecule has 0 amide bonds. The van der Waals surface area contributed by atoms with E-state index in [0.717, 1.165) is 0 Å². The van der Waals surface area contributed by atoms with E-state index in [4.69, 9.17) is 15.9 Å². The number of carboxylic acid groups (broad SMARTS) is 2. The molecule has 0 rings (SSSR count). The summed E-state index contributed by atoms with van der Waals surface area (Å²) in [7, 11) is 0. The second-order valence-corrected chi connectivity index (χ2v) is 6.78. The molecule has 0 aromatic rings. The van der Waals surface area contributed by atoms with Gasteiger partial charge in [0.15, 0.2) is 0 Å². The fourth-order valence-electron chi connectivity index (χ4n) is 0.573. The summed E-state index contributed by atoms with van der Waals surface area (Å²) in [5.74, 6) is 0.399. The predicted octanol–water partition coefficient (Wildman–Crippen LogP) is 0.173. The zero-order chi connectivity index (χ0) is 9.94. The third-order valence-electron chi connectivity index (χ3n) is 1.30. The minimum absolute atomic E-state index is 0.0532. The van der Waals surface area contributed by atoms with E-state index in [1.807, 2.05) is 0 Å². The van der Waals surface area contributed by atoms with Crippen LogP contribution in [0.4, 0.5) is 4.79 Å². The molecule has 0 radical (unpaired) electrons. The van der Waals surface area contributed by atoms with Gasteiger partial charge in [0.05, 0.1) is 0 Å². The number of nitrogens with two attached hydrogens (primary N) is 1. The van der Waals surface area contributed by atoms with E-state index in [9.17, 15) is 9.59 Å². The summed E-state index contributed by atoms with van der Waals surface area (Å²) in [6.07, 6.45) is 0. The van der Waals surface area contributed by atoms with Gasteiger partial charge in [-0.2, -0.15) is 0 Å². The Labute approximate surface area is 74.4 Å². The van der Waals surface area contributed by atoms with Crippen LogP contribution >= 0.6 is 0 Å². The van der Waals surface area contributed by atoms with Gasteiger partial charge in [-0.05, 0) is 0 Å². The van der Waals surface area contributed by atoms with Crippen LogP contribution in [0.15, 0.2) is 0 Å². The molecule has 0 bridgehead atoms. The van der Waals surface area contributed by atoms with Gasteiger partial charge in [0.2, 0.25) is 0 Å². The molecule has 12 heavy (non-hydrogen) atoms. The quantitative estimate of drug-likeness (QED) is 0.609. The Balaban J connectivity index is 4.24. The van der Waals surface area contributed by atoms with Crippen molar-refractivity contribution in [2.24, 2.45) is 5.73 Å². The van der Waals surface area contributed by atoms with Crippen LogP contribution in [0.2, 0.25) is 11.1 Å². The second-order valence-electron chi connectivity index (χ2n) is 2.77. The normalized spacial score (nSPS) is 17.9. The Hall–Kier alpha value is -0.581. The van der Waals surface area contributed by atoms with Gasteiger partial charge in [-0.1, -0.05) is 0 Å². The minimum atomic E-state index is -1.92. The van der Waals surface area contributed by atoms with E-state index in [0.29, 0.717) is 0 Å². The van der Waals surface area contributed by atoms with Crippen molar-refractivity contribution < 1.29 is 19.8 Å². The first-order valence-corrected chi connectivity index (χ1v) is 6.93. The Morgan fingerprint density at radius 3 is 2.17 bits per heavy atom. The fraction of sp³-hybridized carbons (Fsp3) is 0.667. The Bertz CT molecular complexity index is 204. The molecule has 0 aromatic heterocycles. The average Bonchev–Trinajstić information content (AvgIpc) is 1.85. The number of rotatable bonds is 4. The number of aliphatic carboxylic acids is 1. The fourth-order valence-corrected chi connectivity index (χ4v) is 2.98. The van der Waals surface area contributed by atoms with Crippen LogP contribution in [0.1, 0.15) is 6.92 Å². The van der Waals surface area contributed by atoms with Gasteiger partial charge in [0, 0.05) is 0 Å². The van der Waals surface area contributed by atoms with Gasteiger partial charge >= 0.3 is 73.9 Å². The molecule has 0 saturated carbocycles. The number of carboxylic acids is 1.